The molecule has 0 saturated heterocycles. The quantitative estimate of drug-likeness (QED) is 0.606. The van der Waals surface area contributed by atoms with Crippen molar-refractivity contribution in [2.24, 2.45) is 11.7 Å². The number of carbonyl (C=O) groups excluding carboxylic acids is 1. The van der Waals surface area contributed by atoms with E-state index in [1.54, 1.807) is 6.92 Å². The smallest absolute Gasteiger partial charge is 0.234 e. The lowest BCUT2D eigenvalue weighted by molar-refractivity contribution is -0.119. The van der Waals surface area contributed by atoms with Crippen LogP contribution in [0.15, 0.2) is 12.7 Å². The van der Waals surface area contributed by atoms with Crippen LogP contribution < -0.4 is 11.1 Å². The predicted octanol–water partition coefficient (Wildman–Crippen LogP) is 1.05. The average Bonchev–Trinajstić information content (AvgIpc) is 2.04. The SMILES string of the molecule is C=CCC(C)C(C)N[C@@H](C)C(N)=O. The topological polar surface area (TPSA) is 55.1 Å². The Morgan fingerprint density at radius 1 is 1.54 bits per heavy atom. The van der Waals surface area contributed by atoms with Crippen LogP contribution in [0.3, 0.4) is 0 Å². The number of hydrogen-bond donors (Lipinski definition) is 2. The summed E-state index contributed by atoms with van der Waals surface area (Å²) in [4.78, 5) is 10.8. The highest BCUT2D eigenvalue weighted by molar-refractivity contribution is 5.79. The summed E-state index contributed by atoms with van der Waals surface area (Å²) in [6.07, 6.45) is 2.83. The van der Waals surface area contributed by atoms with Crippen LogP contribution in [0.1, 0.15) is 27.2 Å². The second-order valence-corrected chi connectivity index (χ2v) is 3.58. The fourth-order valence-corrected chi connectivity index (χ4v) is 1.11. The molecule has 0 aliphatic heterocycles. The van der Waals surface area contributed by atoms with Crippen LogP contribution in [0.25, 0.3) is 0 Å². The van der Waals surface area contributed by atoms with Crippen molar-refractivity contribution in [1.29, 1.82) is 0 Å². The molecule has 76 valence electrons. The molecule has 13 heavy (non-hydrogen) atoms. The van der Waals surface area contributed by atoms with Crippen molar-refractivity contribution in [3.63, 3.8) is 0 Å². The molecular formula is C10H20N2O. The zero-order valence-corrected chi connectivity index (χ0v) is 8.71. The highest BCUT2D eigenvalue weighted by Crippen LogP contribution is 2.08. The summed E-state index contributed by atoms with van der Waals surface area (Å²) in [5.74, 6) is 0.164. The number of primary amides is 1. The van der Waals surface area contributed by atoms with Crippen LogP contribution in [-0.4, -0.2) is 18.0 Å². The van der Waals surface area contributed by atoms with E-state index in [-0.39, 0.29) is 18.0 Å². The zero-order chi connectivity index (χ0) is 10.4. The van der Waals surface area contributed by atoms with Gasteiger partial charge in [-0.1, -0.05) is 13.0 Å². The Bertz CT molecular complexity index is 180. The van der Waals surface area contributed by atoms with Gasteiger partial charge < -0.3 is 11.1 Å². The Labute approximate surface area is 80.4 Å². The molecule has 1 amide bonds. The third kappa shape index (κ3) is 4.68. The van der Waals surface area contributed by atoms with Crippen molar-refractivity contribution in [2.75, 3.05) is 0 Å². The van der Waals surface area contributed by atoms with E-state index in [1.165, 1.54) is 0 Å². The van der Waals surface area contributed by atoms with Crippen molar-refractivity contribution in [3.8, 4) is 0 Å². The summed E-state index contributed by atoms with van der Waals surface area (Å²) in [6, 6.07) is 0.0164. The number of rotatable bonds is 6. The van der Waals surface area contributed by atoms with Gasteiger partial charge in [-0.25, -0.2) is 0 Å². The van der Waals surface area contributed by atoms with Crippen molar-refractivity contribution in [3.05, 3.63) is 12.7 Å². The monoisotopic (exact) mass is 184 g/mol. The number of amides is 1. The molecule has 3 heteroatoms. The predicted molar refractivity (Wildman–Crippen MR) is 55.2 cm³/mol. The van der Waals surface area contributed by atoms with Crippen LogP contribution in [0.2, 0.25) is 0 Å². The summed E-state index contributed by atoms with van der Waals surface area (Å²) in [5.41, 5.74) is 5.14. The Balaban J connectivity index is 3.90. The largest absolute Gasteiger partial charge is 0.368 e. The maximum absolute atomic E-state index is 10.8. The highest BCUT2D eigenvalue weighted by atomic mass is 16.1. The molecule has 3 nitrogen and oxygen atoms in total. The molecule has 0 rings (SSSR count). The summed E-state index contributed by atoms with van der Waals surface area (Å²) in [5, 5.41) is 3.14. The first-order valence-electron chi connectivity index (χ1n) is 4.65. The van der Waals surface area contributed by atoms with Crippen LogP contribution in [0.5, 0.6) is 0 Å². The molecule has 0 fully saturated rings. The van der Waals surface area contributed by atoms with Gasteiger partial charge in [-0.15, -0.1) is 6.58 Å². The molecule has 0 spiro atoms. The maximum atomic E-state index is 10.8. The molecule has 0 aliphatic carbocycles. The van der Waals surface area contributed by atoms with E-state index in [0.717, 1.165) is 6.42 Å². The van der Waals surface area contributed by atoms with Gasteiger partial charge >= 0.3 is 0 Å². The molecule has 0 heterocycles. The van der Waals surface area contributed by atoms with Gasteiger partial charge in [0.1, 0.15) is 0 Å². The van der Waals surface area contributed by atoms with Crippen molar-refractivity contribution in [1.82, 2.24) is 5.32 Å². The second-order valence-electron chi connectivity index (χ2n) is 3.58. The van der Waals surface area contributed by atoms with E-state index in [0.29, 0.717) is 5.92 Å². The van der Waals surface area contributed by atoms with Gasteiger partial charge in [-0.3, -0.25) is 4.79 Å². The molecule has 0 aromatic rings. The van der Waals surface area contributed by atoms with E-state index >= 15 is 0 Å². The van der Waals surface area contributed by atoms with E-state index < -0.39 is 0 Å². The number of hydrogen-bond acceptors (Lipinski definition) is 2. The Kier molecular flexibility index (Phi) is 5.39. The van der Waals surface area contributed by atoms with E-state index in [4.69, 9.17) is 5.73 Å². The van der Waals surface area contributed by atoms with Gasteiger partial charge in [0.25, 0.3) is 0 Å². The van der Waals surface area contributed by atoms with Crippen LogP contribution >= 0.6 is 0 Å². The molecule has 3 N–H and O–H groups in total. The minimum absolute atomic E-state index is 0.262. The molecule has 0 aromatic carbocycles. The maximum Gasteiger partial charge on any atom is 0.234 e. The van der Waals surface area contributed by atoms with Gasteiger partial charge in [-0.05, 0) is 26.2 Å². The van der Waals surface area contributed by atoms with Crippen molar-refractivity contribution >= 4 is 5.91 Å². The number of nitrogens with two attached hydrogens (primary N) is 1. The Morgan fingerprint density at radius 2 is 2.08 bits per heavy atom. The summed E-state index contributed by atoms with van der Waals surface area (Å²) in [7, 11) is 0. The molecule has 0 bridgehead atoms. The molecule has 0 radical (unpaired) electrons. The van der Waals surface area contributed by atoms with Crippen LogP contribution in [0, 0.1) is 5.92 Å². The summed E-state index contributed by atoms with van der Waals surface area (Å²) in [6.45, 7) is 9.62. The van der Waals surface area contributed by atoms with Gasteiger partial charge in [0.15, 0.2) is 0 Å². The van der Waals surface area contributed by atoms with Gasteiger partial charge in [0.2, 0.25) is 5.91 Å². The summed E-state index contributed by atoms with van der Waals surface area (Å²) < 4.78 is 0. The van der Waals surface area contributed by atoms with E-state index in [9.17, 15) is 4.79 Å². The lowest BCUT2D eigenvalue weighted by Gasteiger charge is -2.22. The van der Waals surface area contributed by atoms with Gasteiger partial charge in [0, 0.05) is 6.04 Å². The fourth-order valence-electron chi connectivity index (χ4n) is 1.11. The first kappa shape index (κ1) is 12.2. The zero-order valence-electron chi connectivity index (χ0n) is 8.71. The van der Waals surface area contributed by atoms with E-state index in [1.807, 2.05) is 13.0 Å². The summed E-state index contributed by atoms with van der Waals surface area (Å²) >= 11 is 0. The number of nitrogens with one attached hydrogen (secondary N) is 1. The standard InChI is InChI=1S/C10H20N2O/c1-5-6-7(2)8(3)12-9(4)10(11)13/h5,7-9,12H,1,6H2,2-4H3,(H2,11,13)/t7?,8?,9-/m0/s1. The third-order valence-electron chi connectivity index (χ3n) is 2.33. The van der Waals surface area contributed by atoms with Gasteiger partial charge in [0.05, 0.1) is 6.04 Å². The lowest BCUT2D eigenvalue weighted by Crippen LogP contribution is -2.45. The molecule has 0 aliphatic rings. The molecule has 3 atom stereocenters. The lowest BCUT2D eigenvalue weighted by atomic mass is 9.99. The third-order valence-corrected chi connectivity index (χ3v) is 2.33. The fraction of sp³-hybridized carbons (Fsp3) is 0.700. The van der Waals surface area contributed by atoms with E-state index in [2.05, 4.69) is 18.8 Å². The van der Waals surface area contributed by atoms with Crippen molar-refractivity contribution in [2.45, 2.75) is 39.3 Å². The first-order chi connectivity index (χ1) is 5.99. The second kappa shape index (κ2) is 5.75. The number of allylic oxidation sites excluding steroid dienone is 1. The minimum Gasteiger partial charge on any atom is -0.368 e. The highest BCUT2D eigenvalue weighted by Gasteiger charge is 2.15. The van der Waals surface area contributed by atoms with Crippen LogP contribution in [0.4, 0.5) is 0 Å². The molecular weight excluding hydrogens is 164 g/mol. The Morgan fingerprint density at radius 3 is 2.46 bits per heavy atom. The van der Waals surface area contributed by atoms with Crippen molar-refractivity contribution < 1.29 is 4.79 Å². The first-order valence-corrected chi connectivity index (χ1v) is 4.65. The van der Waals surface area contributed by atoms with Crippen LogP contribution in [-0.2, 0) is 4.79 Å². The minimum atomic E-state index is -0.308. The Hall–Kier alpha value is -0.830. The molecule has 0 saturated carbocycles. The molecule has 0 aromatic heterocycles. The number of carbonyl (C=O) groups is 1. The van der Waals surface area contributed by atoms with Gasteiger partial charge in [-0.2, -0.15) is 0 Å². The normalized spacial score (nSPS) is 17.5. The molecule has 2 unspecified atom stereocenters. The average molecular weight is 184 g/mol.